The highest BCUT2D eigenvalue weighted by molar-refractivity contribution is 7.16. The maximum atomic E-state index is 11.5. The minimum Gasteiger partial charge on any atom is -0.465 e. The lowest BCUT2D eigenvalue weighted by atomic mass is 10.1. The zero-order valence-corrected chi connectivity index (χ0v) is 13.8. The number of esters is 1. The highest BCUT2D eigenvalue weighted by atomic mass is 32.1. The van der Waals surface area contributed by atoms with Gasteiger partial charge < -0.3 is 10.5 Å². The molecule has 2 rings (SSSR count). The van der Waals surface area contributed by atoms with E-state index >= 15 is 0 Å². The molecule has 3 nitrogen and oxygen atoms in total. The molecule has 0 aliphatic heterocycles. The van der Waals surface area contributed by atoms with Gasteiger partial charge in [0.15, 0.2) is 0 Å². The van der Waals surface area contributed by atoms with E-state index in [-0.39, 0.29) is 5.97 Å². The quantitative estimate of drug-likeness (QED) is 0.577. The van der Waals surface area contributed by atoms with Gasteiger partial charge in [0.05, 0.1) is 12.7 Å². The summed E-state index contributed by atoms with van der Waals surface area (Å²) in [5, 5.41) is 0.561. The number of benzene rings is 1. The molecule has 0 atom stereocenters. The van der Waals surface area contributed by atoms with E-state index in [1.807, 2.05) is 6.07 Å². The van der Waals surface area contributed by atoms with E-state index in [4.69, 9.17) is 10.5 Å². The number of carbonyl (C=O) groups excluding carboxylic acids is 1. The van der Waals surface area contributed by atoms with Gasteiger partial charge in [0.25, 0.3) is 0 Å². The number of hydrogen-bond donors (Lipinski definition) is 1. The predicted molar refractivity (Wildman–Crippen MR) is 92.4 cm³/mol. The zero-order chi connectivity index (χ0) is 15.8. The first kappa shape index (κ1) is 16.6. The van der Waals surface area contributed by atoms with Crippen LogP contribution in [0.5, 0.6) is 0 Å². The second kappa shape index (κ2) is 8.59. The molecule has 0 unspecified atom stereocenters. The topological polar surface area (TPSA) is 52.3 Å². The number of thiophene rings is 1. The van der Waals surface area contributed by atoms with Crippen LogP contribution in [0.4, 0.5) is 5.00 Å². The first-order valence-corrected chi connectivity index (χ1v) is 8.53. The number of nitrogens with two attached hydrogens (primary N) is 1. The molecule has 0 saturated heterocycles. The van der Waals surface area contributed by atoms with E-state index in [1.54, 1.807) is 0 Å². The molecule has 2 aromatic rings. The monoisotopic (exact) mass is 317 g/mol. The van der Waals surface area contributed by atoms with Crippen LogP contribution >= 0.6 is 11.3 Å². The Kier molecular flexibility index (Phi) is 6.46. The van der Waals surface area contributed by atoms with Crippen molar-refractivity contribution >= 4 is 22.3 Å². The molecule has 22 heavy (non-hydrogen) atoms. The highest BCUT2D eigenvalue weighted by Crippen LogP contribution is 2.27. The van der Waals surface area contributed by atoms with Gasteiger partial charge in [-0.25, -0.2) is 4.79 Å². The number of rotatable bonds is 8. The van der Waals surface area contributed by atoms with Crippen molar-refractivity contribution < 1.29 is 9.53 Å². The van der Waals surface area contributed by atoms with Gasteiger partial charge in [-0.1, -0.05) is 43.2 Å². The van der Waals surface area contributed by atoms with Crippen molar-refractivity contribution in [3.05, 3.63) is 52.4 Å². The van der Waals surface area contributed by atoms with E-state index in [2.05, 4.69) is 30.3 Å². The Morgan fingerprint density at radius 1 is 1.09 bits per heavy atom. The third-order valence-electron chi connectivity index (χ3n) is 3.70. The van der Waals surface area contributed by atoms with Crippen LogP contribution in [0.15, 0.2) is 36.4 Å². The minimum absolute atomic E-state index is 0.345. The molecule has 0 aliphatic carbocycles. The average Bonchev–Trinajstić information content (AvgIpc) is 2.92. The Morgan fingerprint density at radius 3 is 2.45 bits per heavy atom. The lowest BCUT2D eigenvalue weighted by molar-refractivity contribution is 0.0602. The maximum Gasteiger partial charge on any atom is 0.340 e. The SMILES string of the molecule is COC(=O)c1cc(CCCCCCc2ccccc2)sc1N. The van der Waals surface area contributed by atoms with Crippen molar-refractivity contribution in [1.29, 1.82) is 0 Å². The van der Waals surface area contributed by atoms with Crippen LogP contribution < -0.4 is 5.73 Å². The molecule has 0 spiro atoms. The Balaban J connectivity index is 1.65. The van der Waals surface area contributed by atoms with Gasteiger partial charge in [0.1, 0.15) is 5.00 Å². The number of nitrogen functional groups attached to an aromatic ring is 1. The Labute approximate surface area is 136 Å². The molecule has 4 heteroatoms. The first-order chi connectivity index (χ1) is 10.7. The lowest BCUT2D eigenvalue weighted by Crippen LogP contribution is -2.01. The fourth-order valence-corrected chi connectivity index (χ4v) is 3.43. The molecule has 0 radical (unpaired) electrons. The molecule has 1 aromatic carbocycles. The van der Waals surface area contributed by atoms with Crippen molar-refractivity contribution in [2.45, 2.75) is 38.5 Å². The number of methoxy groups -OCH3 is 1. The van der Waals surface area contributed by atoms with Gasteiger partial charge in [-0.05, 0) is 37.3 Å². The molecule has 0 fully saturated rings. The number of unbranched alkanes of at least 4 members (excludes halogenated alkanes) is 3. The molecule has 0 bridgehead atoms. The Hall–Kier alpha value is -1.81. The fourth-order valence-electron chi connectivity index (χ4n) is 2.48. The zero-order valence-electron chi connectivity index (χ0n) is 13.0. The van der Waals surface area contributed by atoms with Crippen molar-refractivity contribution in [2.75, 3.05) is 12.8 Å². The number of anilines is 1. The highest BCUT2D eigenvalue weighted by Gasteiger charge is 2.13. The maximum absolute atomic E-state index is 11.5. The minimum atomic E-state index is -0.345. The van der Waals surface area contributed by atoms with E-state index in [9.17, 15) is 4.79 Å². The molecular formula is C18H23NO2S. The molecular weight excluding hydrogens is 294 g/mol. The summed E-state index contributed by atoms with van der Waals surface area (Å²) in [6.07, 6.45) is 6.94. The van der Waals surface area contributed by atoms with Crippen LogP contribution in [-0.2, 0) is 17.6 Å². The Bertz CT molecular complexity index is 592. The van der Waals surface area contributed by atoms with Crippen LogP contribution in [0.25, 0.3) is 0 Å². The van der Waals surface area contributed by atoms with Gasteiger partial charge in [-0.2, -0.15) is 0 Å². The summed E-state index contributed by atoms with van der Waals surface area (Å²) in [5.74, 6) is -0.345. The van der Waals surface area contributed by atoms with Gasteiger partial charge in [-0.3, -0.25) is 0 Å². The third-order valence-corrected chi connectivity index (χ3v) is 4.72. The fraction of sp³-hybridized carbons (Fsp3) is 0.389. The second-order valence-corrected chi connectivity index (χ2v) is 6.55. The normalized spacial score (nSPS) is 10.6. The first-order valence-electron chi connectivity index (χ1n) is 7.71. The van der Waals surface area contributed by atoms with Gasteiger partial charge >= 0.3 is 5.97 Å². The van der Waals surface area contributed by atoms with Crippen LogP contribution in [-0.4, -0.2) is 13.1 Å². The van der Waals surface area contributed by atoms with Crippen LogP contribution in [0.3, 0.4) is 0 Å². The van der Waals surface area contributed by atoms with Crippen molar-refractivity contribution in [2.24, 2.45) is 0 Å². The summed E-state index contributed by atoms with van der Waals surface area (Å²) in [6, 6.07) is 12.5. The van der Waals surface area contributed by atoms with Crippen LogP contribution in [0.1, 0.15) is 46.5 Å². The van der Waals surface area contributed by atoms with Crippen LogP contribution in [0, 0.1) is 0 Å². The second-order valence-electron chi connectivity index (χ2n) is 5.38. The summed E-state index contributed by atoms with van der Waals surface area (Å²) in [4.78, 5) is 12.7. The average molecular weight is 317 g/mol. The van der Waals surface area contributed by atoms with E-state index in [0.717, 1.165) is 19.3 Å². The third kappa shape index (κ3) is 4.88. The molecule has 2 N–H and O–H groups in total. The summed E-state index contributed by atoms with van der Waals surface area (Å²) in [6.45, 7) is 0. The summed E-state index contributed by atoms with van der Waals surface area (Å²) >= 11 is 1.50. The van der Waals surface area contributed by atoms with Crippen LogP contribution in [0.2, 0.25) is 0 Å². The van der Waals surface area contributed by atoms with E-state index in [1.165, 1.54) is 48.1 Å². The molecule has 0 saturated carbocycles. The molecule has 0 amide bonds. The molecule has 1 aromatic heterocycles. The number of carbonyl (C=O) groups is 1. The molecule has 1 heterocycles. The standard InChI is InChI=1S/C18H23NO2S/c1-21-18(20)16-13-15(22-17(16)19)12-8-3-2-5-9-14-10-6-4-7-11-14/h4,6-7,10-11,13H,2-3,5,8-9,12,19H2,1H3. The van der Waals surface area contributed by atoms with Gasteiger partial charge in [0.2, 0.25) is 0 Å². The van der Waals surface area contributed by atoms with Crippen molar-refractivity contribution in [3.63, 3.8) is 0 Å². The van der Waals surface area contributed by atoms with Crippen molar-refractivity contribution in [1.82, 2.24) is 0 Å². The molecule has 118 valence electrons. The van der Waals surface area contributed by atoms with Crippen molar-refractivity contribution in [3.8, 4) is 0 Å². The number of ether oxygens (including phenoxy) is 1. The number of aryl methyl sites for hydroxylation is 2. The largest absolute Gasteiger partial charge is 0.465 e. The Morgan fingerprint density at radius 2 is 1.77 bits per heavy atom. The summed E-state index contributed by atoms with van der Waals surface area (Å²) in [7, 11) is 1.38. The predicted octanol–water partition coefficient (Wildman–Crippen LogP) is 4.46. The number of hydrogen-bond acceptors (Lipinski definition) is 4. The lowest BCUT2D eigenvalue weighted by Gasteiger charge is -2.01. The van der Waals surface area contributed by atoms with E-state index in [0.29, 0.717) is 10.6 Å². The smallest absolute Gasteiger partial charge is 0.340 e. The van der Waals surface area contributed by atoms with E-state index < -0.39 is 0 Å². The molecule has 0 aliphatic rings. The summed E-state index contributed by atoms with van der Waals surface area (Å²) in [5.41, 5.74) is 7.77. The summed E-state index contributed by atoms with van der Waals surface area (Å²) < 4.78 is 4.72. The van der Waals surface area contributed by atoms with Gasteiger partial charge in [0, 0.05) is 4.88 Å². The van der Waals surface area contributed by atoms with Gasteiger partial charge in [-0.15, -0.1) is 11.3 Å².